The molecule has 0 aromatic heterocycles. The first kappa shape index (κ1) is 18.1. The molecule has 1 aliphatic rings. The van der Waals surface area contributed by atoms with Gasteiger partial charge in [-0.2, -0.15) is 0 Å². The summed E-state index contributed by atoms with van der Waals surface area (Å²) in [6.07, 6.45) is 0.592. The Balaban J connectivity index is 1.73. The zero-order valence-corrected chi connectivity index (χ0v) is 15.3. The molecule has 3 rings (SSSR count). The standard InChI is InChI=1S/C18H21N3O4S/c1-25-17-9-8-15(21-10-5-11-26(21,23)24)12-16(17)20-18(22)19-13-14-6-3-2-4-7-14/h2-4,6-9,12H,5,10-11,13H2,1H3,(H2,19,20,22). The highest BCUT2D eigenvalue weighted by Gasteiger charge is 2.29. The molecule has 0 saturated carbocycles. The number of anilines is 2. The maximum absolute atomic E-state index is 12.2. The summed E-state index contributed by atoms with van der Waals surface area (Å²) in [6, 6.07) is 14.1. The molecule has 0 aliphatic carbocycles. The number of amides is 2. The second kappa shape index (κ2) is 7.65. The molecule has 0 radical (unpaired) electrons. The van der Waals surface area contributed by atoms with Gasteiger partial charge in [0.1, 0.15) is 5.75 Å². The normalized spacial score (nSPS) is 15.5. The number of methoxy groups -OCH3 is 1. The van der Waals surface area contributed by atoms with Gasteiger partial charge in [-0.25, -0.2) is 13.2 Å². The van der Waals surface area contributed by atoms with Crippen LogP contribution in [0, 0.1) is 0 Å². The van der Waals surface area contributed by atoms with Crippen molar-refractivity contribution >= 4 is 27.4 Å². The van der Waals surface area contributed by atoms with E-state index in [1.165, 1.54) is 11.4 Å². The number of sulfonamides is 1. The van der Waals surface area contributed by atoms with E-state index in [1.807, 2.05) is 30.3 Å². The minimum atomic E-state index is -3.29. The van der Waals surface area contributed by atoms with E-state index in [2.05, 4.69) is 10.6 Å². The fourth-order valence-electron chi connectivity index (χ4n) is 2.82. The minimum absolute atomic E-state index is 0.138. The van der Waals surface area contributed by atoms with Crippen molar-refractivity contribution in [3.63, 3.8) is 0 Å². The van der Waals surface area contributed by atoms with E-state index in [4.69, 9.17) is 4.74 Å². The highest BCUT2D eigenvalue weighted by molar-refractivity contribution is 7.93. The van der Waals surface area contributed by atoms with Crippen molar-refractivity contribution in [2.45, 2.75) is 13.0 Å². The van der Waals surface area contributed by atoms with E-state index in [9.17, 15) is 13.2 Å². The summed E-state index contributed by atoms with van der Waals surface area (Å²) in [5, 5.41) is 5.49. The average molecular weight is 375 g/mol. The third-order valence-electron chi connectivity index (χ3n) is 4.11. The summed E-state index contributed by atoms with van der Waals surface area (Å²) in [7, 11) is -1.79. The van der Waals surface area contributed by atoms with Crippen molar-refractivity contribution in [2.75, 3.05) is 29.0 Å². The van der Waals surface area contributed by atoms with Gasteiger partial charge in [-0.05, 0) is 30.2 Å². The van der Waals surface area contributed by atoms with E-state index >= 15 is 0 Å². The molecule has 2 aromatic carbocycles. The third-order valence-corrected chi connectivity index (χ3v) is 5.98. The summed E-state index contributed by atoms with van der Waals surface area (Å²) >= 11 is 0. The number of hydrogen-bond acceptors (Lipinski definition) is 4. The molecule has 7 nitrogen and oxygen atoms in total. The van der Waals surface area contributed by atoms with E-state index in [1.54, 1.807) is 18.2 Å². The minimum Gasteiger partial charge on any atom is -0.495 e. The molecular weight excluding hydrogens is 354 g/mol. The SMILES string of the molecule is COc1ccc(N2CCCS2(=O)=O)cc1NC(=O)NCc1ccccc1. The molecule has 2 N–H and O–H groups in total. The topological polar surface area (TPSA) is 87.7 Å². The average Bonchev–Trinajstić information content (AvgIpc) is 3.00. The van der Waals surface area contributed by atoms with Crippen LogP contribution < -0.4 is 19.7 Å². The number of carbonyl (C=O) groups is 1. The van der Waals surface area contributed by atoms with Crippen LogP contribution in [0.1, 0.15) is 12.0 Å². The van der Waals surface area contributed by atoms with Gasteiger partial charge in [0.05, 0.1) is 24.2 Å². The number of nitrogens with zero attached hydrogens (tertiary/aromatic N) is 1. The fraction of sp³-hybridized carbons (Fsp3) is 0.278. The number of urea groups is 1. The van der Waals surface area contributed by atoms with Gasteiger partial charge >= 0.3 is 6.03 Å². The number of carbonyl (C=O) groups excluding carboxylic acids is 1. The van der Waals surface area contributed by atoms with E-state index in [-0.39, 0.29) is 5.75 Å². The zero-order chi connectivity index (χ0) is 18.6. The van der Waals surface area contributed by atoms with Gasteiger partial charge in [0.25, 0.3) is 0 Å². The van der Waals surface area contributed by atoms with Gasteiger partial charge in [0.2, 0.25) is 10.0 Å². The van der Waals surface area contributed by atoms with Crippen molar-refractivity contribution in [1.29, 1.82) is 0 Å². The summed E-state index contributed by atoms with van der Waals surface area (Å²) in [6.45, 7) is 0.823. The van der Waals surface area contributed by atoms with Crippen LogP contribution in [0.3, 0.4) is 0 Å². The summed E-state index contributed by atoms with van der Waals surface area (Å²) < 4.78 is 30.8. The third kappa shape index (κ3) is 4.08. The molecule has 1 fully saturated rings. The number of rotatable bonds is 5. The molecular formula is C18H21N3O4S. The lowest BCUT2D eigenvalue weighted by Gasteiger charge is -2.19. The molecule has 0 atom stereocenters. The number of hydrogen-bond donors (Lipinski definition) is 2. The molecule has 1 heterocycles. The van der Waals surface area contributed by atoms with Crippen LogP contribution >= 0.6 is 0 Å². The molecule has 8 heteroatoms. The Kier molecular flexibility index (Phi) is 5.32. The van der Waals surface area contributed by atoms with Gasteiger partial charge in [0.15, 0.2) is 0 Å². The van der Waals surface area contributed by atoms with Gasteiger partial charge in [0, 0.05) is 13.1 Å². The predicted molar refractivity (Wildman–Crippen MR) is 101 cm³/mol. The molecule has 1 saturated heterocycles. The van der Waals surface area contributed by atoms with Crippen LogP contribution in [0.2, 0.25) is 0 Å². The zero-order valence-electron chi connectivity index (χ0n) is 14.4. The van der Waals surface area contributed by atoms with Crippen LogP contribution in [-0.2, 0) is 16.6 Å². The van der Waals surface area contributed by atoms with Crippen molar-refractivity contribution in [1.82, 2.24) is 5.32 Å². The second-order valence-corrected chi connectivity index (χ2v) is 7.93. The van der Waals surface area contributed by atoms with Crippen LogP contribution in [-0.4, -0.2) is 33.9 Å². The first-order chi connectivity index (χ1) is 12.5. The summed E-state index contributed by atoms with van der Waals surface area (Å²) in [5.74, 6) is 0.597. The summed E-state index contributed by atoms with van der Waals surface area (Å²) in [4.78, 5) is 12.2. The molecule has 0 bridgehead atoms. The predicted octanol–water partition coefficient (Wildman–Crippen LogP) is 2.56. The Morgan fingerprint density at radius 2 is 1.96 bits per heavy atom. The van der Waals surface area contributed by atoms with Gasteiger partial charge in [-0.1, -0.05) is 30.3 Å². The number of benzene rings is 2. The Bertz CT molecular complexity index is 885. The first-order valence-corrected chi connectivity index (χ1v) is 9.88. The second-order valence-electron chi connectivity index (χ2n) is 5.92. The molecule has 2 amide bonds. The largest absolute Gasteiger partial charge is 0.495 e. The van der Waals surface area contributed by atoms with Crippen LogP contribution in [0.4, 0.5) is 16.2 Å². The molecule has 26 heavy (non-hydrogen) atoms. The van der Waals surface area contributed by atoms with Gasteiger partial charge < -0.3 is 15.4 Å². The maximum atomic E-state index is 12.2. The van der Waals surface area contributed by atoms with E-state index < -0.39 is 16.1 Å². The quantitative estimate of drug-likeness (QED) is 0.841. The Morgan fingerprint density at radius 1 is 1.19 bits per heavy atom. The fourth-order valence-corrected chi connectivity index (χ4v) is 4.38. The Morgan fingerprint density at radius 3 is 2.62 bits per heavy atom. The lowest BCUT2D eigenvalue weighted by Crippen LogP contribution is -2.29. The smallest absolute Gasteiger partial charge is 0.319 e. The van der Waals surface area contributed by atoms with Crippen LogP contribution in [0.5, 0.6) is 5.75 Å². The van der Waals surface area contributed by atoms with Crippen molar-refractivity contribution < 1.29 is 17.9 Å². The monoisotopic (exact) mass is 375 g/mol. The van der Waals surface area contributed by atoms with Crippen molar-refractivity contribution in [3.8, 4) is 5.75 Å². The van der Waals surface area contributed by atoms with E-state index in [0.717, 1.165) is 5.56 Å². The molecule has 138 valence electrons. The van der Waals surface area contributed by atoms with Gasteiger partial charge in [-0.3, -0.25) is 4.31 Å². The van der Waals surface area contributed by atoms with Crippen molar-refractivity contribution in [3.05, 3.63) is 54.1 Å². The number of ether oxygens (including phenoxy) is 1. The lowest BCUT2D eigenvalue weighted by atomic mass is 10.2. The Hall–Kier alpha value is -2.74. The number of nitrogens with one attached hydrogen (secondary N) is 2. The molecule has 0 spiro atoms. The van der Waals surface area contributed by atoms with Crippen LogP contribution in [0.25, 0.3) is 0 Å². The molecule has 1 aliphatic heterocycles. The Labute approximate surface area is 153 Å². The molecule has 2 aromatic rings. The molecule has 0 unspecified atom stereocenters. The van der Waals surface area contributed by atoms with Crippen molar-refractivity contribution in [2.24, 2.45) is 0 Å². The maximum Gasteiger partial charge on any atom is 0.319 e. The highest BCUT2D eigenvalue weighted by Crippen LogP contribution is 2.32. The first-order valence-electron chi connectivity index (χ1n) is 8.27. The lowest BCUT2D eigenvalue weighted by molar-refractivity contribution is 0.251. The van der Waals surface area contributed by atoms with E-state index in [0.29, 0.717) is 36.6 Å². The highest BCUT2D eigenvalue weighted by atomic mass is 32.2. The van der Waals surface area contributed by atoms with Gasteiger partial charge in [-0.15, -0.1) is 0 Å². The van der Waals surface area contributed by atoms with Crippen LogP contribution in [0.15, 0.2) is 48.5 Å². The summed E-state index contributed by atoms with van der Waals surface area (Å²) in [5.41, 5.74) is 1.91.